The molecule has 0 bridgehead atoms. The first-order valence-corrected chi connectivity index (χ1v) is 17.7. The van der Waals surface area contributed by atoms with Gasteiger partial charge in [-0.15, -0.1) is 0 Å². The second kappa shape index (κ2) is 43.2. The number of ether oxygens (including phenoxy) is 8. The van der Waals surface area contributed by atoms with E-state index in [1.165, 1.54) is 13.0 Å². The lowest BCUT2D eigenvalue weighted by molar-refractivity contribution is -0.143. The first-order valence-electron chi connectivity index (χ1n) is 17.7. The summed E-state index contributed by atoms with van der Waals surface area (Å²) in [7, 11) is 0. The van der Waals surface area contributed by atoms with Gasteiger partial charge in [0.1, 0.15) is 50.3 Å². The maximum absolute atomic E-state index is 11.1. The van der Waals surface area contributed by atoms with Crippen LogP contribution in [0, 0.1) is 0 Å². The molecule has 0 aromatic heterocycles. The zero-order valence-corrected chi connectivity index (χ0v) is 32.5. The van der Waals surface area contributed by atoms with Gasteiger partial charge in [0.15, 0.2) is 0 Å². The number of allylic oxidation sites excluding steroid dienone is 1. The summed E-state index contributed by atoms with van der Waals surface area (Å²) in [6.07, 6.45) is 1.19. The van der Waals surface area contributed by atoms with Crippen LogP contribution in [0.25, 0.3) is 0 Å². The Balaban J connectivity index is -0.000000367. The molecule has 1 heterocycles. The van der Waals surface area contributed by atoms with Crippen molar-refractivity contribution in [3.05, 3.63) is 36.5 Å². The van der Waals surface area contributed by atoms with Crippen molar-refractivity contribution in [1.29, 1.82) is 0 Å². The van der Waals surface area contributed by atoms with E-state index in [0.29, 0.717) is 64.5 Å². The van der Waals surface area contributed by atoms with Crippen LogP contribution in [0.3, 0.4) is 0 Å². The molecule has 0 aliphatic carbocycles. The van der Waals surface area contributed by atoms with E-state index in [1.54, 1.807) is 19.9 Å². The molecule has 0 amide bonds. The van der Waals surface area contributed by atoms with Crippen LogP contribution >= 0.6 is 0 Å². The Kier molecular flexibility index (Phi) is 46.2. The highest BCUT2D eigenvalue weighted by Gasteiger charge is 2.24. The molecule has 1 aliphatic rings. The molecular formula is C37H70O19. The number of rotatable bonds is 29. The average molecular weight is 819 g/mol. The van der Waals surface area contributed by atoms with Crippen LogP contribution in [0.2, 0.25) is 0 Å². The second-order valence-electron chi connectivity index (χ2n) is 11.6. The number of carbonyl (C=O) groups is 3. The number of carbonyl (C=O) groups excluding carboxylic acids is 3. The van der Waals surface area contributed by atoms with E-state index >= 15 is 0 Å². The van der Waals surface area contributed by atoms with Gasteiger partial charge >= 0.3 is 17.9 Å². The van der Waals surface area contributed by atoms with E-state index in [0.717, 1.165) is 0 Å². The van der Waals surface area contributed by atoms with Crippen LogP contribution in [0.4, 0.5) is 0 Å². The number of hydrogen-bond acceptors (Lipinski definition) is 19. The van der Waals surface area contributed by atoms with Gasteiger partial charge in [-0.1, -0.05) is 26.7 Å². The van der Waals surface area contributed by atoms with Gasteiger partial charge in [-0.25, -0.2) is 14.4 Å². The van der Waals surface area contributed by atoms with Crippen molar-refractivity contribution in [2.24, 2.45) is 0 Å². The van der Waals surface area contributed by atoms with Gasteiger partial charge in [0.05, 0.1) is 46.2 Å². The highest BCUT2D eigenvalue weighted by molar-refractivity contribution is 5.87. The van der Waals surface area contributed by atoms with Gasteiger partial charge in [0.2, 0.25) is 0 Å². The van der Waals surface area contributed by atoms with Crippen molar-refractivity contribution in [2.45, 2.75) is 78.0 Å². The fourth-order valence-corrected chi connectivity index (χ4v) is 2.79. The zero-order valence-electron chi connectivity index (χ0n) is 32.5. The van der Waals surface area contributed by atoms with Crippen LogP contribution in [-0.2, 0) is 52.3 Å². The Bertz CT molecular complexity index is 973. The Morgan fingerprint density at radius 3 is 1.34 bits per heavy atom. The third kappa shape index (κ3) is 47.3. The number of aliphatic hydroxyl groups excluding tert-OH is 8. The third-order valence-corrected chi connectivity index (χ3v) is 5.76. The molecule has 0 radical (unpaired) electrons. The molecule has 0 aromatic carbocycles. The lowest BCUT2D eigenvalue weighted by Gasteiger charge is -2.13. The van der Waals surface area contributed by atoms with Gasteiger partial charge in [0.25, 0.3) is 0 Å². The molecule has 5 unspecified atom stereocenters. The van der Waals surface area contributed by atoms with Crippen LogP contribution < -0.4 is 0 Å². The van der Waals surface area contributed by atoms with Crippen molar-refractivity contribution in [3.8, 4) is 0 Å². The normalized spacial score (nSPS) is 14.7. The quantitative estimate of drug-likeness (QED) is 0.0147. The highest BCUT2D eigenvalue weighted by atomic mass is 16.6. The van der Waals surface area contributed by atoms with Crippen molar-refractivity contribution < 1.29 is 93.1 Å². The number of epoxide rings is 1. The van der Waals surface area contributed by atoms with Gasteiger partial charge in [0, 0.05) is 56.9 Å². The molecule has 0 aromatic rings. The van der Waals surface area contributed by atoms with Crippen LogP contribution in [0.15, 0.2) is 36.5 Å². The standard InChI is InChI=1S/C17H28O8.C9H20O6.C7H10O3.C3H8O2.CH4/c1-4-6-16(20)24-11-14(18)9-22-7-5-8-23-10-15(19)12-25-17(21)13(2)3;10-4-8(12)6-14-2-1-3-15-7-9(13)5-11;1-5(2)7(8)10-4-6-3-9-6;4-2-1-3-5;/h4,6,14-15,18-19H,2,5,7-12H2,1,3H3;8-13H,1-7H2;6H,1,3-4H2,2H3;4-5H,1-3H2;1H4/b6-4-;;;;. The Hall–Kier alpha value is -2.89. The van der Waals surface area contributed by atoms with Gasteiger partial charge < -0.3 is 78.7 Å². The fourth-order valence-electron chi connectivity index (χ4n) is 2.79. The summed E-state index contributed by atoms with van der Waals surface area (Å²) >= 11 is 0. The zero-order chi connectivity index (χ0) is 42.3. The molecule has 1 rings (SSSR count). The number of hydrogen-bond donors (Lipinski definition) is 8. The Morgan fingerprint density at radius 1 is 0.643 bits per heavy atom. The van der Waals surface area contributed by atoms with Crippen LogP contribution in [0.1, 0.15) is 47.5 Å². The van der Waals surface area contributed by atoms with Gasteiger partial charge in [-0.2, -0.15) is 0 Å². The van der Waals surface area contributed by atoms with E-state index in [2.05, 4.69) is 13.2 Å². The molecule has 8 N–H and O–H groups in total. The first kappa shape index (κ1) is 59.8. The van der Waals surface area contributed by atoms with E-state index in [9.17, 15) is 24.6 Å². The molecule has 19 heteroatoms. The fraction of sp³-hybridized carbons (Fsp3) is 0.757. The molecule has 0 saturated carbocycles. The first-order chi connectivity index (χ1) is 26.2. The minimum absolute atomic E-state index is 0. The molecule has 1 aliphatic heterocycles. The van der Waals surface area contributed by atoms with Crippen molar-refractivity contribution >= 4 is 17.9 Å². The molecule has 1 saturated heterocycles. The molecule has 0 spiro atoms. The largest absolute Gasteiger partial charge is 0.460 e. The Labute approximate surface area is 331 Å². The molecule has 19 nitrogen and oxygen atoms in total. The van der Waals surface area contributed by atoms with Crippen molar-refractivity contribution in [2.75, 3.05) is 106 Å². The second-order valence-corrected chi connectivity index (χ2v) is 11.6. The lowest BCUT2D eigenvalue weighted by atomic mass is 10.3. The minimum atomic E-state index is -0.905. The van der Waals surface area contributed by atoms with Gasteiger partial charge in [-0.05, 0) is 40.0 Å². The predicted octanol–water partition coefficient (Wildman–Crippen LogP) is -1.01. The van der Waals surface area contributed by atoms with Crippen molar-refractivity contribution in [1.82, 2.24) is 0 Å². The summed E-state index contributed by atoms with van der Waals surface area (Å²) < 4.78 is 39.6. The monoisotopic (exact) mass is 818 g/mol. The molecule has 56 heavy (non-hydrogen) atoms. The van der Waals surface area contributed by atoms with Crippen molar-refractivity contribution in [3.63, 3.8) is 0 Å². The maximum Gasteiger partial charge on any atom is 0.333 e. The van der Waals surface area contributed by atoms with Crippen LogP contribution in [0.5, 0.6) is 0 Å². The molecule has 1 fully saturated rings. The SMILES string of the molecule is C.C=C(C)C(=O)OCC(O)COCCCOCC(O)COC(=O)/C=C\C.C=C(C)C(=O)OCC1CO1.OCC(O)COCCCOCC(O)CO.OCCCO. The average Bonchev–Trinajstić information content (AvgIpc) is 4.00. The third-order valence-electron chi connectivity index (χ3n) is 5.76. The molecular weight excluding hydrogens is 748 g/mol. The summed E-state index contributed by atoms with van der Waals surface area (Å²) in [4.78, 5) is 32.9. The van der Waals surface area contributed by atoms with E-state index in [-0.39, 0.29) is 91.1 Å². The Morgan fingerprint density at radius 2 is 1.02 bits per heavy atom. The molecule has 5 atom stereocenters. The maximum atomic E-state index is 11.1. The summed E-state index contributed by atoms with van der Waals surface area (Å²) in [6, 6.07) is 0. The van der Waals surface area contributed by atoms with E-state index in [4.69, 9.17) is 68.5 Å². The van der Waals surface area contributed by atoms with E-state index < -0.39 is 36.4 Å². The number of esters is 3. The summed E-state index contributed by atoms with van der Waals surface area (Å²) in [6.45, 7) is 13.9. The molecule has 332 valence electrons. The highest BCUT2D eigenvalue weighted by Crippen LogP contribution is 2.09. The smallest absolute Gasteiger partial charge is 0.333 e. The number of aliphatic hydroxyl groups is 8. The van der Waals surface area contributed by atoms with E-state index in [1.807, 2.05) is 0 Å². The predicted molar refractivity (Wildman–Crippen MR) is 203 cm³/mol. The summed E-state index contributed by atoms with van der Waals surface area (Å²) in [5.74, 6) is -1.40. The lowest BCUT2D eigenvalue weighted by Crippen LogP contribution is -2.25. The summed E-state index contributed by atoms with van der Waals surface area (Å²) in [5.41, 5.74) is 0.699. The van der Waals surface area contributed by atoms with Gasteiger partial charge in [-0.3, -0.25) is 0 Å². The summed E-state index contributed by atoms with van der Waals surface area (Å²) in [5, 5.41) is 69.6. The van der Waals surface area contributed by atoms with Crippen LogP contribution in [-0.4, -0.2) is 195 Å². The topological polar surface area (TPSA) is 290 Å². The minimum Gasteiger partial charge on any atom is -0.460 e.